The van der Waals surface area contributed by atoms with Crippen molar-refractivity contribution in [2.24, 2.45) is 0 Å². The van der Waals surface area contributed by atoms with Gasteiger partial charge in [0.1, 0.15) is 0 Å². The Bertz CT molecular complexity index is 635. The Balaban J connectivity index is 1.74. The fourth-order valence-electron chi connectivity index (χ4n) is 3.45. The van der Waals surface area contributed by atoms with E-state index in [1.165, 1.54) is 5.56 Å². The fraction of sp³-hybridized carbons (Fsp3) is 0.316. The van der Waals surface area contributed by atoms with Crippen molar-refractivity contribution >= 4 is 5.91 Å². The van der Waals surface area contributed by atoms with Crippen LogP contribution in [0.5, 0.6) is 0 Å². The molecule has 3 rings (SSSR count). The molecule has 1 aliphatic heterocycles. The minimum Gasteiger partial charge on any atom is -0.299 e. The summed E-state index contributed by atoms with van der Waals surface area (Å²) in [6, 6.07) is 20.1. The number of nitrogens with zero attached hydrogens (tertiary/aromatic N) is 1. The molecule has 0 atom stereocenters. The van der Waals surface area contributed by atoms with Crippen molar-refractivity contribution in [3.8, 4) is 0 Å². The van der Waals surface area contributed by atoms with Crippen molar-refractivity contribution in [1.82, 2.24) is 10.4 Å². The maximum atomic E-state index is 12.4. The largest absolute Gasteiger partial charge is 0.299 e. The smallest absolute Gasteiger partial charge is 0.254 e. The van der Waals surface area contributed by atoms with Crippen LogP contribution in [-0.2, 0) is 16.8 Å². The first kappa shape index (κ1) is 15.7. The Labute approximate surface area is 136 Å². The molecule has 1 amide bonds. The summed E-state index contributed by atoms with van der Waals surface area (Å²) >= 11 is 0. The minimum absolute atomic E-state index is 0.303. The predicted molar refractivity (Wildman–Crippen MR) is 89.0 cm³/mol. The van der Waals surface area contributed by atoms with E-state index in [4.69, 9.17) is 0 Å². The molecule has 0 aromatic heterocycles. The molecule has 1 heterocycles. The zero-order valence-corrected chi connectivity index (χ0v) is 13.1. The van der Waals surface area contributed by atoms with E-state index in [0.717, 1.165) is 25.2 Å². The molecule has 4 nitrogen and oxygen atoms in total. The van der Waals surface area contributed by atoms with Gasteiger partial charge in [-0.05, 0) is 37.1 Å². The summed E-state index contributed by atoms with van der Waals surface area (Å²) in [5.74, 6) is -0.303. The standard InChI is InChI=1S/C19H22N2O2/c22-18(20-23)19(17-9-5-2-6-10-17)11-13-21(14-12-19)15-16-7-3-1-4-8-16/h1-10,23H,11-15H2,(H,20,22). The lowest BCUT2D eigenvalue weighted by Crippen LogP contribution is -2.50. The summed E-state index contributed by atoms with van der Waals surface area (Å²) in [4.78, 5) is 14.7. The maximum Gasteiger partial charge on any atom is 0.254 e. The highest BCUT2D eigenvalue weighted by molar-refractivity contribution is 5.87. The first-order valence-electron chi connectivity index (χ1n) is 8.01. The van der Waals surface area contributed by atoms with Gasteiger partial charge in [-0.15, -0.1) is 0 Å². The number of hydrogen-bond donors (Lipinski definition) is 2. The lowest BCUT2D eigenvalue weighted by molar-refractivity contribution is -0.137. The Kier molecular flexibility index (Phi) is 4.74. The molecule has 1 fully saturated rings. The number of likely N-dealkylation sites (tertiary alicyclic amines) is 1. The number of hydrogen-bond acceptors (Lipinski definition) is 3. The number of hydroxylamine groups is 1. The van der Waals surface area contributed by atoms with Crippen LogP contribution in [0.1, 0.15) is 24.0 Å². The number of rotatable bonds is 4. The van der Waals surface area contributed by atoms with Crippen molar-refractivity contribution in [3.05, 3.63) is 71.8 Å². The molecule has 2 aromatic rings. The van der Waals surface area contributed by atoms with Gasteiger partial charge in [-0.2, -0.15) is 0 Å². The van der Waals surface area contributed by atoms with Crippen LogP contribution < -0.4 is 5.48 Å². The summed E-state index contributed by atoms with van der Waals surface area (Å²) in [6.45, 7) is 2.56. The van der Waals surface area contributed by atoms with Crippen LogP contribution >= 0.6 is 0 Å². The van der Waals surface area contributed by atoms with Crippen LogP contribution in [0.4, 0.5) is 0 Å². The van der Waals surface area contributed by atoms with Crippen molar-refractivity contribution < 1.29 is 10.0 Å². The molecule has 0 unspecified atom stereocenters. The average molecular weight is 310 g/mol. The van der Waals surface area contributed by atoms with Gasteiger partial charge in [0.15, 0.2) is 0 Å². The van der Waals surface area contributed by atoms with E-state index in [1.54, 1.807) is 0 Å². The van der Waals surface area contributed by atoms with Crippen molar-refractivity contribution in [1.29, 1.82) is 0 Å². The zero-order chi connectivity index (χ0) is 16.1. The Morgan fingerprint density at radius 1 is 1.00 bits per heavy atom. The molecule has 0 radical (unpaired) electrons. The van der Waals surface area contributed by atoms with Gasteiger partial charge in [-0.25, -0.2) is 5.48 Å². The molecular weight excluding hydrogens is 288 g/mol. The highest BCUT2D eigenvalue weighted by Gasteiger charge is 2.42. The first-order chi connectivity index (χ1) is 11.2. The summed E-state index contributed by atoms with van der Waals surface area (Å²) in [6.07, 6.45) is 1.41. The Morgan fingerprint density at radius 2 is 1.57 bits per heavy atom. The summed E-state index contributed by atoms with van der Waals surface area (Å²) < 4.78 is 0. The van der Waals surface area contributed by atoms with Crippen LogP contribution in [-0.4, -0.2) is 29.1 Å². The third kappa shape index (κ3) is 3.28. The molecule has 1 saturated heterocycles. The second-order valence-corrected chi connectivity index (χ2v) is 6.15. The molecule has 2 N–H and O–H groups in total. The van der Waals surface area contributed by atoms with Crippen LogP contribution in [0, 0.1) is 0 Å². The number of nitrogens with one attached hydrogen (secondary N) is 1. The van der Waals surface area contributed by atoms with Gasteiger partial charge in [-0.3, -0.25) is 14.9 Å². The van der Waals surface area contributed by atoms with Gasteiger partial charge in [0.2, 0.25) is 0 Å². The predicted octanol–water partition coefficient (Wildman–Crippen LogP) is 2.73. The molecule has 0 bridgehead atoms. The van der Waals surface area contributed by atoms with E-state index in [1.807, 2.05) is 54.0 Å². The number of carbonyl (C=O) groups excluding carboxylic acids is 1. The van der Waals surface area contributed by atoms with E-state index >= 15 is 0 Å². The summed E-state index contributed by atoms with van der Waals surface area (Å²) in [5, 5.41) is 9.20. The second kappa shape index (κ2) is 6.94. The average Bonchev–Trinajstić information content (AvgIpc) is 2.63. The third-order valence-corrected chi connectivity index (χ3v) is 4.82. The van der Waals surface area contributed by atoms with Gasteiger partial charge in [0.25, 0.3) is 5.91 Å². The molecule has 120 valence electrons. The van der Waals surface area contributed by atoms with E-state index in [-0.39, 0.29) is 5.91 Å². The summed E-state index contributed by atoms with van der Waals surface area (Å²) in [7, 11) is 0. The van der Waals surface area contributed by atoms with E-state index in [9.17, 15) is 10.0 Å². The van der Waals surface area contributed by atoms with E-state index in [2.05, 4.69) is 17.0 Å². The molecule has 0 aliphatic carbocycles. The molecule has 0 spiro atoms. The Hall–Kier alpha value is -2.17. The molecule has 2 aromatic carbocycles. The van der Waals surface area contributed by atoms with Gasteiger partial charge < -0.3 is 0 Å². The van der Waals surface area contributed by atoms with Gasteiger partial charge >= 0.3 is 0 Å². The minimum atomic E-state index is -0.636. The van der Waals surface area contributed by atoms with Crippen LogP contribution in [0.2, 0.25) is 0 Å². The van der Waals surface area contributed by atoms with Gasteiger partial charge in [-0.1, -0.05) is 60.7 Å². The quantitative estimate of drug-likeness (QED) is 0.674. The molecule has 0 saturated carbocycles. The zero-order valence-electron chi connectivity index (χ0n) is 13.1. The third-order valence-electron chi connectivity index (χ3n) is 4.82. The van der Waals surface area contributed by atoms with E-state index < -0.39 is 5.41 Å². The molecular formula is C19H22N2O2. The number of amides is 1. The lowest BCUT2D eigenvalue weighted by atomic mass is 9.72. The van der Waals surface area contributed by atoms with Gasteiger partial charge in [0, 0.05) is 6.54 Å². The molecule has 4 heteroatoms. The molecule has 23 heavy (non-hydrogen) atoms. The normalized spacial score (nSPS) is 17.6. The van der Waals surface area contributed by atoms with Gasteiger partial charge in [0.05, 0.1) is 5.41 Å². The first-order valence-corrected chi connectivity index (χ1v) is 8.01. The summed E-state index contributed by atoms with van der Waals surface area (Å²) in [5.41, 5.74) is 3.51. The topological polar surface area (TPSA) is 52.6 Å². The molecule has 1 aliphatic rings. The SMILES string of the molecule is O=C(NO)C1(c2ccccc2)CCN(Cc2ccccc2)CC1. The monoisotopic (exact) mass is 310 g/mol. The van der Waals surface area contributed by atoms with Crippen LogP contribution in [0.25, 0.3) is 0 Å². The maximum absolute atomic E-state index is 12.4. The van der Waals surface area contributed by atoms with Crippen molar-refractivity contribution in [2.75, 3.05) is 13.1 Å². The number of carbonyl (C=O) groups is 1. The Morgan fingerprint density at radius 3 is 2.13 bits per heavy atom. The fourth-order valence-corrected chi connectivity index (χ4v) is 3.45. The van der Waals surface area contributed by atoms with Crippen LogP contribution in [0.3, 0.4) is 0 Å². The van der Waals surface area contributed by atoms with E-state index in [0.29, 0.717) is 12.8 Å². The van der Waals surface area contributed by atoms with Crippen LogP contribution in [0.15, 0.2) is 60.7 Å². The second-order valence-electron chi connectivity index (χ2n) is 6.15. The number of piperidine rings is 1. The van der Waals surface area contributed by atoms with Crippen molar-refractivity contribution in [3.63, 3.8) is 0 Å². The van der Waals surface area contributed by atoms with Crippen molar-refractivity contribution in [2.45, 2.75) is 24.8 Å². The lowest BCUT2D eigenvalue weighted by Gasteiger charge is -2.40. The highest BCUT2D eigenvalue weighted by Crippen LogP contribution is 2.36. The number of benzene rings is 2. The highest BCUT2D eigenvalue weighted by atomic mass is 16.5.